The number of aryl methyl sites for hydroxylation is 1. The number of aromatic nitrogens is 2. The van der Waals surface area contributed by atoms with E-state index < -0.39 is 10.0 Å². The number of anilines is 1. The number of hydrogen-bond acceptors (Lipinski definition) is 6. The van der Waals surface area contributed by atoms with Gasteiger partial charge >= 0.3 is 0 Å². The molecule has 3 rings (SSSR count). The summed E-state index contributed by atoms with van der Waals surface area (Å²) < 4.78 is 29.4. The molecular formula is C17H22N4O4S. The van der Waals surface area contributed by atoms with E-state index >= 15 is 0 Å². The second kappa shape index (κ2) is 7.06. The summed E-state index contributed by atoms with van der Waals surface area (Å²) in [5, 5.41) is 3.97. The van der Waals surface area contributed by atoms with Crippen molar-refractivity contribution in [2.75, 3.05) is 30.7 Å². The number of benzene rings is 1. The SMILES string of the molecule is Cc1nc(C2CCCN(C(=O)c3ccc(N(C)S(C)(=O)=O)cc3)C2)no1. The van der Waals surface area contributed by atoms with Crippen LogP contribution < -0.4 is 4.31 Å². The maximum absolute atomic E-state index is 12.8. The van der Waals surface area contributed by atoms with Crippen molar-refractivity contribution in [1.82, 2.24) is 15.0 Å². The number of sulfonamides is 1. The highest BCUT2D eigenvalue weighted by molar-refractivity contribution is 7.92. The van der Waals surface area contributed by atoms with E-state index in [1.807, 2.05) is 0 Å². The third-order valence-electron chi connectivity index (χ3n) is 4.59. The van der Waals surface area contributed by atoms with E-state index in [0.717, 1.165) is 19.1 Å². The zero-order chi connectivity index (χ0) is 18.9. The first-order valence-electron chi connectivity index (χ1n) is 8.39. The Morgan fingerprint density at radius 2 is 2.00 bits per heavy atom. The topological polar surface area (TPSA) is 96.6 Å². The Hall–Kier alpha value is -2.42. The minimum Gasteiger partial charge on any atom is -0.340 e. The molecule has 0 saturated carbocycles. The Bertz CT molecular complexity index is 892. The molecule has 2 aromatic rings. The maximum atomic E-state index is 12.8. The fraction of sp³-hybridized carbons (Fsp3) is 0.471. The van der Waals surface area contributed by atoms with E-state index in [0.29, 0.717) is 36.1 Å². The Morgan fingerprint density at radius 3 is 2.58 bits per heavy atom. The van der Waals surface area contributed by atoms with Crippen LogP contribution >= 0.6 is 0 Å². The van der Waals surface area contributed by atoms with Gasteiger partial charge in [0.1, 0.15) is 0 Å². The molecule has 26 heavy (non-hydrogen) atoms. The first kappa shape index (κ1) is 18.4. The summed E-state index contributed by atoms with van der Waals surface area (Å²) in [5.41, 5.74) is 1.04. The molecule has 0 N–H and O–H groups in total. The van der Waals surface area contributed by atoms with Crippen LogP contribution in [0.25, 0.3) is 0 Å². The Kier molecular flexibility index (Phi) is 4.99. The fourth-order valence-corrected chi connectivity index (χ4v) is 3.55. The molecule has 1 unspecified atom stereocenters. The monoisotopic (exact) mass is 378 g/mol. The summed E-state index contributed by atoms with van der Waals surface area (Å²) in [5.74, 6) is 1.16. The number of amides is 1. The van der Waals surface area contributed by atoms with Crippen LogP contribution in [-0.4, -0.2) is 55.8 Å². The number of hydrogen-bond donors (Lipinski definition) is 0. The van der Waals surface area contributed by atoms with Gasteiger partial charge in [-0.15, -0.1) is 0 Å². The van der Waals surface area contributed by atoms with E-state index in [1.165, 1.54) is 11.4 Å². The van der Waals surface area contributed by atoms with Gasteiger partial charge in [-0.2, -0.15) is 4.98 Å². The van der Waals surface area contributed by atoms with Crippen LogP contribution in [0.5, 0.6) is 0 Å². The lowest BCUT2D eigenvalue weighted by Crippen LogP contribution is -2.39. The van der Waals surface area contributed by atoms with Crippen molar-refractivity contribution in [3.8, 4) is 0 Å². The molecule has 1 aliphatic rings. The van der Waals surface area contributed by atoms with Gasteiger partial charge in [0.25, 0.3) is 5.91 Å². The summed E-state index contributed by atoms with van der Waals surface area (Å²) >= 11 is 0. The average Bonchev–Trinajstić information content (AvgIpc) is 3.06. The second-order valence-electron chi connectivity index (χ2n) is 6.54. The van der Waals surface area contributed by atoms with Gasteiger partial charge in [-0.1, -0.05) is 5.16 Å². The van der Waals surface area contributed by atoms with E-state index in [9.17, 15) is 13.2 Å². The lowest BCUT2D eigenvalue weighted by Gasteiger charge is -2.31. The molecule has 1 saturated heterocycles. The molecule has 0 bridgehead atoms. The average molecular weight is 378 g/mol. The zero-order valence-electron chi connectivity index (χ0n) is 15.0. The largest absolute Gasteiger partial charge is 0.340 e. The van der Waals surface area contributed by atoms with Crippen LogP contribution in [0, 0.1) is 6.92 Å². The molecule has 0 spiro atoms. The standard InChI is InChI=1S/C17H22N4O4S/c1-12-18-16(19-25-12)14-5-4-10-21(11-14)17(22)13-6-8-15(9-7-13)20(2)26(3,23)24/h6-9,14H,4-5,10-11H2,1-3H3. The van der Waals surface area contributed by atoms with Crippen molar-refractivity contribution in [3.63, 3.8) is 0 Å². The van der Waals surface area contributed by atoms with Crippen molar-refractivity contribution in [2.24, 2.45) is 0 Å². The molecule has 140 valence electrons. The minimum atomic E-state index is -3.33. The van der Waals surface area contributed by atoms with Crippen LogP contribution in [0.4, 0.5) is 5.69 Å². The Balaban J connectivity index is 1.72. The number of piperidine rings is 1. The normalized spacial score (nSPS) is 18.0. The van der Waals surface area contributed by atoms with Gasteiger partial charge in [0.05, 0.1) is 11.9 Å². The van der Waals surface area contributed by atoms with Gasteiger partial charge in [0.15, 0.2) is 5.82 Å². The lowest BCUT2D eigenvalue weighted by atomic mass is 9.96. The number of likely N-dealkylation sites (tertiary alicyclic amines) is 1. The summed E-state index contributed by atoms with van der Waals surface area (Å²) in [7, 11) is -1.85. The fourth-order valence-electron chi connectivity index (χ4n) is 3.04. The Morgan fingerprint density at radius 1 is 1.31 bits per heavy atom. The molecule has 1 aromatic carbocycles. The third-order valence-corrected chi connectivity index (χ3v) is 5.80. The van der Waals surface area contributed by atoms with Gasteiger partial charge < -0.3 is 9.42 Å². The number of carbonyl (C=O) groups excluding carboxylic acids is 1. The van der Waals surface area contributed by atoms with Crippen LogP contribution in [0.1, 0.15) is 40.8 Å². The van der Waals surface area contributed by atoms with E-state index in [4.69, 9.17) is 4.52 Å². The maximum Gasteiger partial charge on any atom is 0.253 e. The third kappa shape index (κ3) is 3.87. The van der Waals surface area contributed by atoms with Crippen LogP contribution in [-0.2, 0) is 10.0 Å². The van der Waals surface area contributed by atoms with Gasteiger partial charge in [0.2, 0.25) is 15.9 Å². The molecule has 1 fully saturated rings. The molecule has 9 heteroatoms. The van der Waals surface area contributed by atoms with Crippen molar-refractivity contribution < 1.29 is 17.7 Å². The molecule has 1 atom stereocenters. The number of rotatable bonds is 4. The van der Waals surface area contributed by atoms with Crippen molar-refractivity contribution in [3.05, 3.63) is 41.5 Å². The highest BCUT2D eigenvalue weighted by atomic mass is 32.2. The van der Waals surface area contributed by atoms with E-state index in [2.05, 4.69) is 10.1 Å². The highest BCUT2D eigenvalue weighted by Gasteiger charge is 2.28. The van der Waals surface area contributed by atoms with E-state index in [-0.39, 0.29) is 11.8 Å². The van der Waals surface area contributed by atoms with Crippen LogP contribution in [0.15, 0.2) is 28.8 Å². The number of carbonyl (C=O) groups is 1. The van der Waals surface area contributed by atoms with Crippen molar-refractivity contribution in [2.45, 2.75) is 25.7 Å². The smallest absolute Gasteiger partial charge is 0.253 e. The molecule has 0 radical (unpaired) electrons. The van der Waals surface area contributed by atoms with Crippen LogP contribution in [0.2, 0.25) is 0 Å². The van der Waals surface area contributed by atoms with E-state index in [1.54, 1.807) is 36.1 Å². The van der Waals surface area contributed by atoms with Crippen molar-refractivity contribution in [1.29, 1.82) is 0 Å². The minimum absolute atomic E-state index is 0.0702. The predicted molar refractivity (Wildman–Crippen MR) is 96.6 cm³/mol. The lowest BCUT2D eigenvalue weighted by molar-refractivity contribution is 0.0703. The first-order valence-corrected chi connectivity index (χ1v) is 10.2. The van der Waals surface area contributed by atoms with Gasteiger partial charge in [-0.05, 0) is 37.1 Å². The summed E-state index contributed by atoms with van der Waals surface area (Å²) in [6.45, 7) is 2.97. The predicted octanol–water partition coefficient (Wildman–Crippen LogP) is 1.79. The van der Waals surface area contributed by atoms with Crippen molar-refractivity contribution >= 4 is 21.6 Å². The molecule has 1 aromatic heterocycles. The summed E-state index contributed by atoms with van der Waals surface area (Å²) in [6.07, 6.45) is 2.93. The van der Waals surface area contributed by atoms with Gasteiger partial charge in [-0.3, -0.25) is 9.10 Å². The molecule has 2 heterocycles. The molecule has 8 nitrogen and oxygen atoms in total. The second-order valence-corrected chi connectivity index (χ2v) is 8.55. The quantitative estimate of drug-likeness (QED) is 0.805. The van der Waals surface area contributed by atoms with Crippen LogP contribution in [0.3, 0.4) is 0 Å². The molecule has 0 aliphatic carbocycles. The molecule has 1 aliphatic heterocycles. The highest BCUT2D eigenvalue weighted by Crippen LogP contribution is 2.26. The first-order chi connectivity index (χ1) is 12.3. The molecule has 1 amide bonds. The summed E-state index contributed by atoms with van der Waals surface area (Å²) in [4.78, 5) is 18.9. The van der Waals surface area contributed by atoms with Gasteiger partial charge in [0, 0.05) is 38.5 Å². The molecular weight excluding hydrogens is 356 g/mol. The summed E-state index contributed by atoms with van der Waals surface area (Å²) in [6, 6.07) is 6.58. The number of nitrogens with zero attached hydrogens (tertiary/aromatic N) is 4. The zero-order valence-corrected chi connectivity index (χ0v) is 15.9. The Labute approximate surface area is 152 Å². The van der Waals surface area contributed by atoms with Gasteiger partial charge in [-0.25, -0.2) is 8.42 Å².